The van der Waals surface area contributed by atoms with Crippen molar-refractivity contribution in [3.05, 3.63) is 23.8 Å². The number of fused-ring (bicyclic) bond motifs is 1. The van der Waals surface area contributed by atoms with Gasteiger partial charge in [0.25, 0.3) is 0 Å². The van der Waals surface area contributed by atoms with E-state index in [0.717, 1.165) is 5.56 Å². The Morgan fingerprint density at radius 2 is 1.32 bits per heavy atom. The molecule has 158 valence electrons. The van der Waals surface area contributed by atoms with E-state index in [1.165, 1.54) is 0 Å². The number of ether oxygens (including phenoxy) is 7. The molecule has 28 heavy (non-hydrogen) atoms. The van der Waals surface area contributed by atoms with E-state index in [4.69, 9.17) is 39.0 Å². The number of nitrogens with one attached hydrogen (secondary N) is 1. The van der Waals surface area contributed by atoms with Gasteiger partial charge in [-0.2, -0.15) is 0 Å². The molecule has 3 N–H and O–H groups in total. The van der Waals surface area contributed by atoms with E-state index in [1.54, 1.807) is 18.2 Å². The Bertz CT molecular complexity index is 573. The predicted molar refractivity (Wildman–Crippen MR) is 98.2 cm³/mol. The fourth-order valence-electron chi connectivity index (χ4n) is 2.25. The average molecular weight is 400 g/mol. The minimum Gasteiger partial charge on any atom is -0.487 e. The molecule has 1 amide bonds. The number of benzene rings is 1. The number of rotatable bonds is 2. The number of carbonyl (C=O) groups excluding carboxylic acids is 1. The summed E-state index contributed by atoms with van der Waals surface area (Å²) in [6.45, 7) is 4.56. The summed E-state index contributed by atoms with van der Waals surface area (Å²) < 4.78 is 38.2. The number of hydrogen-bond acceptors (Lipinski definition) is 9. The van der Waals surface area contributed by atoms with Crippen molar-refractivity contribution in [3.8, 4) is 11.5 Å². The highest BCUT2D eigenvalue weighted by Crippen LogP contribution is 2.29. The van der Waals surface area contributed by atoms with Crippen molar-refractivity contribution in [2.75, 3.05) is 66.1 Å². The molecule has 2 rings (SSSR count). The topological polar surface area (TPSA) is 120 Å². The van der Waals surface area contributed by atoms with E-state index in [0.29, 0.717) is 77.6 Å². The normalized spacial score (nSPS) is 17.8. The molecule has 1 aromatic rings. The fourth-order valence-corrected chi connectivity index (χ4v) is 2.25. The zero-order valence-electron chi connectivity index (χ0n) is 15.9. The quantitative estimate of drug-likeness (QED) is 0.418. The van der Waals surface area contributed by atoms with Crippen LogP contribution in [0.2, 0.25) is 0 Å². The monoisotopic (exact) mass is 400 g/mol. The lowest BCUT2D eigenvalue weighted by Gasteiger charge is -2.15. The van der Waals surface area contributed by atoms with Crippen LogP contribution in [-0.4, -0.2) is 72.2 Å². The molecule has 0 radical (unpaired) electrons. The van der Waals surface area contributed by atoms with E-state index in [1.807, 2.05) is 5.43 Å². The molecule has 1 heterocycles. The summed E-state index contributed by atoms with van der Waals surface area (Å²) in [5, 5.41) is 0. The van der Waals surface area contributed by atoms with Crippen molar-refractivity contribution in [2.45, 2.75) is 6.61 Å². The molecule has 10 heteroatoms. The van der Waals surface area contributed by atoms with Gasteiger partial charge in [0.1, 0.15) is 19.8 Å². The molecule has 1 aromatic carbocycles. The Kier molecular flexibility index (Phi) is 11.1. The van der Waals surface area contributed by atoms with Crippen LogP contribution in [-0.2, 0) is 30.3 Å². The molecule has 0 fully saturated rings. The van der Waals surface area contributed by atoms with Crippen molar-refractivity contribution in [2.24, 2.45) is 5.84 Å². The van der Waals surface area contributed by atoms with Crippen molar-refractivity contribution in [3.63, 3.8) is 0 Å². The lowest BCUT2D eigenvalue weighted by molar-refractivity contribution is -0.00842. The first-order valence-electron chi connectivity index (χ1n) is 9.12. The molecule has 0 atom stereocenters. The minimum absolute atomic E-state index is 0.0522. The lowest BCUT2D eigenvalue weighted by atomic mass is 10.2. The van der Waals surface area contributed by atoms with Gasteiger partial charge in [-0.25, -0.2) is 10.6 Å². The third kappa shape index (κ3) is 9.20. The number of hydrazine groups is 1. The van der Waals surface area contributed by atoms with E-state index in [-0.39, 0.29) is 6.61 Å². The van der Waals surface area contributed by atoms with Crippen LogP contribution in [0.5, 0.6) is 11.5 Å². The van der Waals surface area contributed by atoms with Gasteiger partial charge in [-0.15, -0.1) is 0 Å². The molecular weight excluding hydrogens is 372 g/mol. The smallest absolute Gasteiger partial charge is 0.421 e. The van der Waals surface area contributed by atoms with E-state index < -0.39 is 6.09 Å². The molecule has 0 bridgehead atoms. The maximum absolute atomic E-state index is 11.1. The van der Waals surface area contributed by atoms with Gasteiger partial charge in [0, 0.05) is 0 Å². The number of hydrogen-bond donors (Lipinski definition) is 2. The second kappa shape index (κ2) is 14.0. The highest BCUT2D eigenvalue weighted by molar-refractivity contribution is 5.66. The summed E-state index contributed by atoms with van der Waals surface area (Å²) in [5.41, 5.74) is 2.64. The molecule has 10 nitrogen and oxygen atoms in total. The van der Waals surface area contributed by atoms with Gasteiger partial charge in [-0.1, -0.05) is 6.07 Å². The number of amides is 1. The Hall–Kier alpha value is -2.11. The third-order valence-electron chi connectivity index (χ3n) is 3.58. The van der Waals surface area contributed by atoms with E-state index in [9.17, 15) is 4.79 Å². The molecule has 0 saturated heterocycles. The van der Waals surface area contributed by atoms with E-state index in [2.05, 4.69) is 0 Å². The van der Waals surface area contributed by atoms with Crippen LogP contribution >= 0.6 is 0 Å². The van der Waals surface area contributed by atoms with Crippen LogP contribution in [0.4, 0.5) is 4.79 Å². The molecule has 0 aliphatic carbocycles. The van der Waals surface area contributed by atoms with Crippen molar-refractivity contribution in [1.82, 2.24) is 5.43 Å². The highest BCUT2D eigenvalue weighted by Gasteiger charge is 2.09. The summed E-state index contributed by atoms with van der Waals surface area (Å²) in [5.74, 6) is 6.09. The SMILES string of the molecule is NNC(=O)OCc1ccc2c(c1)OCCOCCOCCOCCOCCO2. The van der Waals surface area contributed by atoms with Gasteiger partial charge in [-0.3, -0.25) is 5.43 Å². The van der Waals surface area contributed by atoms with Gasteiger partial charge in [-0.05, 0) is 17.7 Å². The van der Waals surface area contributed by atoms with Gasteiger partial charge < -0.3 is 33.2 Å². The molecule has 0 unspecified atom stereocenters. The van der Waals surface area contributed by atoms with Crippen LogP contribution in [0.3, 0.4) is 0 Å². The predicted octanol–water partition coefficient (Wildman–Crippen LogP) is 0.624. The average Bonchev–Trinajstić information content (AvgIpc) is 2.72. The zero-order chi connectivity index (χ0) is 19.9. The van der Waals surface area contributed by atoms with Crippen LogP contribution in [0.25, 0.3) is 0 Å². The maximum Gasteiger partial charge on any atom is 0.421 e. The van der Waals surface area contributed by atoms with Crippen molar-refractivity contribution in [1.29, 1.82) is 0 Å². The Labute approximate surface area is 164 Å². The summed E-state index contributed by atoms with van der Waals surface area (Å²) in [6.07, 6.45) is -0.715. The minimum atomic E-state index is -0.715. The first kappa shape index (κ1) is 22.2. The second-order valence-corrected chi connectivity index (χ2v) is 5.65. The van der Waals surface area contributed by atoms with Crippen molar-refractivity contribution < 1.29 is 38.0 Å². The van der Waals surface area contributed by atoms with Crippen LogP contribution < -0.4 is 20.7 Å². The van der Waals surface area contributed by atoms with Crippen LogP contribution in [0.15, 0.2) is 18.2 Å². The Morgan fingerprint density at radius 3 is 1.86 bits per heavy atom. The van der Waals surface area contributed by atoms with Gasteiger partial charge >= 0.3 is 6.09 Å². The van der Waals surface area contributed by atoms with E-state index >= 15 is 0 Å². The third-order valence-corrected chi connectivity index (χ3v) is 3.58. The summed E-state index contributed by atoms with van der Waals surface area (Å²) in [6, 6.07) is 5.28. The molecule has 0 spiro atoms. The molecule has 0 saturated carbocycles. The Morgan fingerprint density at radius 1 is 0.821 bits per heavy atom. The first-order valence-corrected chi connectivity index (χ1v) is 9.12. The highest BCUT2D eigenvalue weighted by atomic mass is 16.6. The molecular formula is C18H28N2O8. The van der Waals surface area contributed by atoms with Gasteiger partial charge in [0.05, 0.1) is 52.9 Å². The summed E-state index contributed by atoms with van der Waals surface area (Å²) >= 11 is 0. The number of carbonyl (C=O) groups is 1. The van der Waals surface area contributed by atoms with Crippen LogP contribution in [0, 0.1) is 0 Å². The first-order chi connectivity index (χ1) is 13.8. The summed E-state index contributed by atoms with van der Waals surface area (Å²) in [7, 11) is 0. The number of nitrogens with two attached hydrogens (primary N) is 1. The Balaban J connectivity index is 1.92. The standard InChI is InChI=1S/C18H28N2O8/c19-20-18(21)28-14-15-1-2-16-17(13-15)27-12-10-25-8-6-23-4-3-22-5-7-24-9-11-26-16/h1-2,13H,3-12,14,19H2,(H,20,21). The fraction of sp³-hybridized carbons (Fsp3) is 0.611. The molecule has 1 aliphatic heterocycles. The van der Waals surface area contributed by atoms with Gasteiger partial charge in [0.2, 0.25) is 0 Å². The lowest BCUT2D eigenvalue weighted by Crippen LogP contribution is -2.30. The van der Waals surface area contributed by atoms with Crippen molar-refractivity contribution >= 4 is 6.09 Å². The zero-order valence-corrected chi connectivity index (χ0v) is 15.9. The summed E-state index contributed by atoms with van der Waals surface area (Å²) in [4.78, 5) is 11.1. The second-order valence-electron chi connectivity index (χ2n) is 5.65. The maximum atomic E-state index is 11.1. The van der Waals surface area contributed by atoms with Crippen LogP contribution in [0.1, 0.15) is 5.56 Å². The molecule has 1 aliphatic rings. The largest absolute Gasteiger partial charge is 0.487 e. The molecule has 0 aromatic heterocycles. The van der Waals surface area contributed by atoms with Gasteiger partial charge in [0.15, 0.2) is 11.5 Å².